The van der Waals surface area contributed by atoms with Crippen LogP contribution in [0.2, 0.25) is 0 Å². The second kappa shape index (κ2) is 9.91. The molecule has 13 heteroatoms. The van der Waals surface area contributed by atoms with Crippen LogP contribution in [0.1, 0.15) is 18.9 Å². The molecule has 4 heterocycles. The molecule has 0 spiro atoms. The number of fused-ring (bicyclic) bond motifs is 1. The van der Waals surface area contributed by atoms with Crippen LogP contribution in [0.5, 0.6) is 11.8 Å². The number of carboxylic acid groups (broad SMARTS) is 1. The van der Waals surface area contributed by atoms with Crippen LogP contribution < -0.4 is 15.0 Å². The Bertz CT molecular complexity index is 1030. The minimum Gasteiger partial charge on any atom is -0.481 e. The maximum absolute atomic E-state index is 12.0. The van der Waals surface area contributed by atoms with Gasteiger partial charge >= 0.3 is 12.0 Å². The zero-order valence-electron chi connectivity index (χ0n) is 18.4. The Kier molecular flexibility index (Phi) is 6.56. The molecule has 182 valence electrons. The predicted molar refractivity (Wildman–Crippen MR) is 115 cm³/mol. The minimum atomic E-state index is -1.02. The summed E-state index contributed by atoms with van der Waals surface area (Å²) in [4.78, 5) is 25.0. The van der Waals surface area contributed by atoms with E-state index in [1.165, 1.54) is 0 Å². The van der Waals surface area contributed by atoms with Crippen molar-refractivity contribution in [1.82, 2.24) is 25.5 Å². The quantitative estimate of drug-likeness (QED) is 0.532. The molecule has 3 aliphatic heterocycles. The van der Waals surface area contributed by atoms with Crippen molar-refractivity contribution in [1.29, 1.82) is 0 Å². The first kappa shape index (κ1) is 22.5. The van der Waals surface area contributed by atoms with E-state index in [0.29, 0.717) is 19.0 Å². The monoisotopic (exact) mass is 474 g/mol. The van der Waals surface area contributed by atoms with Gasteiger partial charge in [0.2, 0.25) is 5.91 Å². The van der Waals surface area contributed by atoms with Gasteiger partial charge in [-0.15, -0.1) is 0 Å². The number of tetrazole rings is 1. The van der Waals surface area contributed by atoms with Crippen LogP contribution in [0.3, 0.4) is 0 Å². The number of amides is 1. The molecule has 0 saturated carbocycles. The molecule has 34 heavy (non-hydrogen) atoms. The molecule has 5 rings (SSSR count). The second-order valence-corrected chi connectivity index (χ2v) is 8.34. The lowest BCUT2D eigenvalue weighted by atomic mass is 10.1. The largest absolute Gasteiger partial charge is 0.481 e. The number of hydrogen-bond donors (Lipinski definition) is 2. The maximum atomic E-state index is 12.0. The molecule has 0 radical (unpaired) electrons. The zero-order valence-corrected chi connectivity index (χ0v) is 18.4. The number of carbonyl (C=O) groups is 2. The van der Waals surface area contributed by atoms with E-state index in [4.69, 9.17) is 24.1 Å². The van der Waals surface area contributed by atoms with E-state index >= 15 is 0 Å². The number of hydrogen-bond acceptors (Lipinski definition) is 10. The average Bonchev–Trinajstić information content (AvgIpc) is 3.56. The van der Waals surface area contributed by atoms with Crippen molar-refractivity contribution in [3.63, 3.8) is 0 Å². The van der Waals surface area contributed by atoms with Gasteiger partial charge in [0.05, 0.1) is 38.9 Å². The fourth-order valence-electron chi connectivity index (χ4n) is 4.44. The first-order chi connectivity index (χ1) is 16.6. The number of rotatable bonds is 8. The van der Waals surface area contributed by atoms with Crippen molar-refractivity contribution in [3.05, 3.63) is 24.3 Å². The third kappa shape index (κ3) is 4.81. The molecule has 1 amide bonds. The van der Waals surface area contributed by atoms with Gasteiger partial charge in [0.25, 0.3) is 0 Å². The fraction of sp³-hybridized carbons (Fsp3) is 0.571. The third-order valence-electron chi connectivity index (χ3n) is 6.12. The third-order valence-corrected chi connectivity index (χ3v) is 6.12. The van der Waals surface area contributed by atoms with Gasteiger partial charge in [0.1, 0.15) is 24.0 Å². The van der Waals surface area contributed by atoms with Crippen molar-refractivity contribution in [2.24, 2.45) is 0 Å². The van der Waals surface area contributed by atoms with Crippen LogP contribution in [0.4, 0.5) is 5.69 Å². The standard InChI is InChI=1S/C21H26N6O7/c28-17(4-5-18(29)30)22-15-11-32-20-16(12-33-19(15)20)27-21(23-24-25-27)34-14-3-1-2-13(10-14)26-6-8-31-9-7-26/h1-3,10,15-16,19-20H,4-9,11-12H2,(H,22,28)(H,29,30). The highest BCUT2D eigenvalue weighted by Gasteiger charge is 2.50. The number of aromatic nitrogens is 4. The van der Waals surface area contributed by atoms with Gasteiger partial charge in [-0.3, -0.25) is 9.59 Å². The topological polar surface area (TPSA) is 150 Å². The number of nitrogens with zero attached hydrogens (tertiary/aromatic N) is 5. The molecular formula is C21H26N6O7. The van der Waals surface area contributed by atoms with Crippen molar-refractivity contribution < 1.29 is 33.6 Å². The van der Waals surface area contributed by atoms with Crippen molar-refractivity contribution in [2.45, 2.75) is 37.1 Å². The Morgan fingerprint density at radius 1 is 1.15 bits per heavy atom. The lowest BCUT2D eigenvalue weighted by molar-refractivity contribution is -0.139. The maximum Gasteiger partial charge on any atom is 0.341 e. The Morgan fingerprint density at radius 2 is 1.97 bits per heavy atom. The van der Waals surface area contributed by atoms with Crippen LogP contribution >= 0.6 is 0 Å². The molecule has 4 unspecified atom stereocenters. The van der Waals surface area contributed by atoms with Crippen LogP contribution in [0, 0.1) is 0 Å². The summed E-state index contributed by atoms with van der Waals surface area (Å²) in [5, 5.41) is 23.5. The number of morpholine rings is 1. The summed E-state index contributed by atoms with van der Waals surface area (Å²) in [5.41, 5.74) is 1.03. The molecule has 13 nitrogen and oxygen atoms in total. The predicted octanol–water partition coefficient (Wildman–Crippen LogP) is -0.00970. The van der Waals surface area contributed by atoms with E-state index in [0.717, 1.165) is 18.8 Å². The van der Waals surface area contributed by atoms with Gasteiger partial charge in [-0.25, -0.2) is 0 Å². The molecule has 1 aromatic heterocycles. The minimum absolute atomic E-state index is 0.0961. The summed E-state index contributed by atoms with van der Waals surface area (Å²) in [6.07, 6.45) is -1.09. The number of ether oxygens (including phenoxy) is 4. The second-order valence-electron chi connectivity index (χ2n) is 8.34. The van der Waals surface area contributed by atoms with E-state index in [1.807, 2.05) is 24.3 Å². The van der Waals surface area contributed by atoms with Gasteiger partial charge in [0.15, 0.2) is 0 Å². The Labute approximate surface area is 194 Å². The van der Waals surface area contributed by atoms with Crippen LogP contribution in [-0.2, 0) is 23.8 Å². The van der Waals surface area contributed by atoms with E-state index in [9.17, 15) is 9.59 Å². The molecule has 1 aromatic carbocycles. The van der Waals surface area contributed by atoms with E-state index in [1.54, 1.807) is 4.68 Å². The van der Waals surface area contributed by atoms with Crippen molar-refractivity contribution in [3.8, 4) is 11.8 Å². The molecule has 4 atom stereocenters. The summed E-state index contributed by atoms with van der Waals surface area (Å²) >= 11 is 0. The fourth-order valence-corrected chi connectivity index (χ4v) is 4.44. The smallest absolute Gasteiger partial charge is 0.341 e. The Morgan fingerprint density at radius 3 is 2.79 bits per heavy atom. The average molecular weight is 474 g/mol. The number of carbonyl (C=O) groups excluding carboxylic acids is 1. The van der Waals surface area contributed by atoms with E-state index in [-0.39, 0.29) is 62.3 Å². The van der Waals surface area contributed by atoms with Gasteiger partial charge in [-0.2, -0.15) is 4.68 Å². The summed E-state index contributed by atoms with van der Waals surface area (Å²) in [6, 6.07) is 7.22. The highest BCUT2D eigenvalue weighted by Crippen LogP contribution is 2.36. The summed E-state index contributed by atoms with van der Waals surface area (Å²) in [7, 11) is 0. The summed E-state index contributed by atoms with van der Waals surface area (Å²) < 4.78 is 24.8. The molecule has 2 N–H and O–H groups in total. The first-order valence-electron chi connectivity index (χ1n) is 11.2. The number of carboxylic acids is 1. The van der Waals surface area contributed by atoms with Crippen molar-refractivity contribution >= 4 is 17.6 Å². The van der Waals surface area contributed by atoms with Crippen LogP contribution in [0.15, 0.2) is 24.3 Å². The van der Waals surface area contributed by atoms with Gasteiger partial charge in [-0.05, 0) is 22.6 Å². The number of anilines is 1. The number of nitrogens with one attached hydrogen (secondary N) is 1. The van der Waals surface area contributed by atoms with Crippen molar-refractivity contribution in [2.75, 3.05) is 44.4 Å². The molecule has 3 saturated heterocycles. The highest BCUT2D eigenvalue weighted by molar-refractivity contribution is 5.80. The van der Waals surface area contributed by atoms with Crippen LogP contribution in [0.25, 0.3) is 0 Å². The molecule has 3 fully saturated rings. The van der Waals surface area contributed by atoms with Crippen LogP contribution in [-0.4, -0.2) is 95.0 Å². The zero-order chi connectivity index (χ0) is 23.5. The Hall–Kier alpha value is -3.29. The Balaban J connectivity index is 1.24. The van der Waals surface area contributed by atoms with E-state index in [2.05, 4.69) is 25.7 Å². The highest BCUT2D eigenvalue weighted by atomic mass is 16.6. The number of benzene rings is 1. The van der Waals surface area contributed by atoms with Gasteiger partial charge < -0.3 is 34.3 Å². The molecule has 2 aromatic rings. The molecular weight excluding hydrogens is 448 g/mol. The molecule has 0 aliphatic carbocycles. The summed E-state index contributed by atoms with van der Waals surface area (Å²) in [5.74, 6) is -0.767. The molecule has 3 aliphatic rings. The van der Waals surface area contributed by atoms with Gasteiger partial charge in [-0.1, -0.05) is 11.2 Å². The normalized spacial score (nSPS) is 26.3. The SMILES string of the molecule is O=C(O)CCC(=O)NC1COC2C1OCC2n1nnnc1Oc1cccc(N2CCOCC2)c1. The lowest BCUT2D eigenvalue weighted by Gasteiger charge is -2.29. The first-order valence-corrected chi connectivity index (χ1v) is 11.2. The lowest BCUT2D eigenvalue weighted by Crippen LogP contribution is -2.44. The number of aliphatic carboxylic acids is 1. The summed E-state index contributed by atoms with van der Waals surface area (Å²) in [6.45, 7) is 3.55. The van der Waals surface area contributed by atoms with E-state index < -0.39 is 5.97 Å². The molecule has 0 bridgehead atoms. The van der Waals surface area contributed by atoms with Gasteiger partial charge in [0, 0.05) is 31.3 Å².